The van der Waals surface area contributed by atoms with E-state index in [1.54, 1.807) is 10.9 Å². The van der Waals surface area contributed by atoms with E-state index in [-0.39, 0.29) is 0 Å². The summed E-state index contributed by atoms with van der Waals surface area (Å²) in [4.78, 5) is 4.36. The van der Waals surface area contributed by atoms with Crippen LogP contribution in [0.3, 0.4) is 0 Å². The Bertz CT molecular complexity index is 557. The highest BCUT2D eigenvalue weighted by atomic mass is 16.5. The van der Waals surface area contributed by atoms with Crippen LogP contribution in [0.2, 0.25) is 0 Å². The first-order chi connectivity index (χ1) is 9.21. The average molecular weight is 264 g/mol. The summed E-state index contributed by atoms with van der Waals surface area (Å²) in [5.74, 6) is 0.920. The highest BCUT2D eigenvalue weighted by Gasteiger charge is 2.37. The molecule has 1 saturated heterocycles. The van der Waals surface area contributed by atoms with Crippen LogP contribution in [0.5, 0.6) is 0 Å². The van der Waals surface area contributed by atoms with Crippen LogP contribution >= 0.6 is 0 Å². The summed E-state index contributed by atoms with van der Waals surface area (Å²) in [5.41, 5.74) is 5.56. The molecule has 102 valence electrons. The molecular weight excluding hydrogens is 248 g/mol. The van der Waals surface area contributed by atoms with Crippen molar-refractivity contribution in [3.63, 3.8) is 0 Å². The van der Waals surface area contributed by atoms with E-state index in [0.29, 0.717) is 30.5 Å². The van der Waals surface area contributed by atoms with Crippen molar-refractivity contribution in [1.29, 1.82) is 0 Å². The van der Waals surface area contributed by atoms with Gasteiger partial charge in [0.2, 0.25) is 5.82 Å². The number of rotatable bonds is 4. The molecule has 8 heteroatoms. The molecule has 1 aliphatic heterocycles. The van der Waals surface area contributed by atoms with Gasteiger partial charge in [0.05, 0.1) is 12.7 Å². The van der Waals surface area contributed by atoms with E-state index in [1.165, 1.54) is 0 Å². The predicted octanol–water partition coefficient (Wildman–Crippen LogP) is 0.312. The molecule has 0 saturated carbocycles. The lowest BCUT2D eigenvalue weighted by Gasteiger charge is -2.17. The second kappa shape index (κ2) is 4.71. The third kappa shape index (κ3) is 2.24. The van der Waals surface area contributed by atoms with Gasteiger partial charge in [0.1, 0.15) is 5.60 Å². The molecule has 1 atom stereocenters. The lowest BCUT2D eigenvalue weighted by atomic mass is 10.0. The van der Waals surface area contributed by atoms with Gasteiger partial charge < -0.3 is 15.0 Å². The third-order valence-corrected chi connectivity index (χ3v) is 3.23. The summed E-state index contributed by atoms with van der Waals surface area (Å²) in [5, 5.41) is 11.9. The summed E-state index contributed by atoms with van der Waals surface area (Å²) >= 11 is 0. The molecule has 1 unspecified atom stereocenters. The summed E-state index contributed by atoms with van der Waals surface area (Å²) in [7, 11) is 0. The summed E-state index contributed by atoms with van der Waals surface area (Å²) in [6.45, 7) is 3.81. The van der Waals surface area contributed by atoms with Crippen LogP contribution in [0.4, 0.5) is 0 Å². The molecule has 2 aromatic rings. The van der Waals surface area contributed by atoms with Gasteiger partial charge in [0.15, 0.2) is 5.69 Å². The molecule has 0 aliphatic carbocycles. The Balaban J connectivity index is 1.84. The summed E-state index contributed by atoms with van der Waals surface area (Å²) in [6, 6.07) is 0. The average Bonchev–Trinajstić information content (AvgIpc) is 3.07. The fourth-order valence-corrected chi connectivity index (χ4v) is 2.14. The molecule has 3 rings (SSSR count). The Morgan fingerprint density at radius 2 is 2.42 bits per heavy atom. The molecule has 2 N–H and O–H groups in total. The summed E-state index contributed by atoms with van der Waals surface area (Å²) in [6.07, 6.45) is 3.64. The molecule has 1 aliphatic rings. The van der Waals surface area contributed by atoms with Gasteiger partial charge in [-0.05, 0) is 19.8 Å². The minimum Gasteiger partial charge on any atom is -0.367 e. The van der Waals surface area contributed by atoms with Gasteiger partial charge in [-0.25, -0.2) is 0 Å². The van der Waals surface area contributed by atoms with Crippen LogP contribution in [0.15, 0.2) is 10.7 Å². The Kier molecular flexibility index (Phi) is 3.03. The topological polar surface area (TPSA) is 105 Å². The van der Waals surface area contributed by atoms with Crippen molar-refractivity contribution in [3.05, 3.63) is 12.0 Å². The first kappa shape index (κ1) is 12.2. The van der Waals surface area contributed by atoms with Gasteiger partial charge in [-0.3, -0.25) is 4.68 Å². The van der Waals surface area contributed by atoms with Crippen LogP contribution in [0.1, 0.15) is 25.6 Å². The van der Waals surface area contributed by atoms with Gasteiger partial charge in [0.25, 0.3) is 5.89 Å². The second-order valence-electron chi connectivity index (χ2n) is 4.76. The molecule has 19 heavy (non-hydrogen) atoms. The smallest absolute Gasteiger partial charge is 0.280 e. The summed E-state index contributed by atoms with van der Waals surface area (Å²) < 4.78 is 12.6. The monoisotopic (exact) mass is 264 g/mol. The number of hydrogen-bond donors (Lipinski definition) is 1. The molecule has 0 aromatic carbocycles. The normalized spacial score (nSPS) is 23.1. The molecule has 8 nitrogen and oxygen atoms in total. The Morgan fingerprint density at radius 3 is 3.16 bits per heavy atom. The van der Waals surface area contributed by atoms with E-state index in [2.05, 4.69) is 20.5 Å². The molecule has 0 radical (unpaired) electrons. The Morgan fingerprint density at radius 1 is 1.53 bits per heavy atom. The van der Waals surface area contributed by atoms with Crippen molar-refractivity contribution < 1.29 is 9.26 Å². The van der Waals surface area contributed by atoms with Gasteiger partial charge in [0, 0.05) is 13.2 Å². The molecule has 0 spiro atoms. The van der Waals surface area contributed by atoms with Crippen molar-refractivity contribution in [2.24, 2.45) is 5.73 Å². The fraction of sp³-hybridized carbons (Fsp3) is 0.636. The van der Waals surface area contributed by atoms with E-state index in [0.717, 1.165) is 19.4 Å². The SMILES string of the molecule is CC1(c2noc(-c3cn(CCN)nn3)n2)CCCO1. The molecule has 1 fully saturated rings. The van der Waals surface area contributed by atoms with E-state index < -0.39 is 5.60 Å². The lowest BCUT2D eigenvalue weighted by Crippen LogP contribution is -2.21. The van der Waals surface area contributed by atoms with Crippen molar-refractivity contribution in [2.75, 3.05) is 13.2 Å². The fourth-order valence-electron chi connectivity index (χ4n) is 2.14. The number of ether oxygens (including phenoxy) is 1. The first-order valence-electron chi connectivity index (χ1n) is 6.30. The molecular formula is C11H16N6O2. The third-order valence-electron chi connectivity index (χ3n) is 3.23. The minimum atomic E-state index is -0.449. The van der Waals surface area contributed by atoms with Crippen molar-refractivity contribution in [2.45, 2.75) is 31.9 Å². The minimum absolute atomic E-state index is 0.356. The lowest BCUT2D eigenvalue weighted by molar-refractivity contribution is 0.00768. The maximum Gasteiger partial charge on any atom is 0.280 e. The van der Waals surface area contributed by atoms with Crippen molar-refractivity contribution in [3.8, 4) is 11.6 Å². The number of nitrogens with two attached hydrogens (primary N) is 1. The zero-order valence-corrected chi connectivity index (χ0v) is 10.7. The van der Waals surface area contributed by atoms with Gasteiger partial charge in [-0.1, -0.05) is 10.4 Å². The highest BCUT2D eigenvalue weighted by molar-refractivity contribution is 5.43. The molecule has 3 heterocycles. The standard InChI is InChI=1S/C11H16N6O2/c1-11(3-2-6-18-11)10-13-9(19-15-10)8-7-17(5-4-12)16-14-8/h7H,2-6,12H2,1H3. The van der Waals surface area contributed by atoms with Gasteiger partial charge >= 0.3 is 0 Å². The van der Waals surface area contributed by atoms with E-state index in [9.17, 15) is 0 Å². The van der Waals surface area contributed by atoms with Gasteiger partial charge in [-0.2, -0.15) is 4.98 Å². The van der Waals surface area contributed by atoms with Crippen molar-refractivity contribution in [1.82, 2.24) is 25.1 Å². The number of aromatic nitrogens is 5. The van der Waals surface area contributed by atoms with Crippen molar-refractivity contribution >= 4 is 0 Å². The molecule has 0 bridgehead atoms. The largest absolute Gasteiger partial charge is 0.367 e. The quantitative estimate of drug-likeness (QED) is 0.847. The van der Waals surface area contributed by atoms with Gasteiger partial charge in [-0.15, -0.1) is 5.10 Å². The van der Waals surface area contributed by atoms with E-state index in [4.69, 9.17) is 15.0 Å². The van der Waals surface area contributed by atoms with Crippen LogP contribution in [-0.2, 0) is 16.9 Å². The zero-order valence-electron chi connectivity index (χ0n) is 10.7. The van der Waals surface area contributed by atoms with Crippen LogP contribution in [-0.4, -0.2) is 38.3 Å². The maximum atomic E-state index is 5.68. The zero-order chi connectivity index (χ0) is 13.3. The Hall–Kier alpha value is -1.80. The number of nitrogens with zero attached hydrogens (tertiary/aromatic N) is 5. The van der Waals surface area contributed by atoms with Crippen LogP contribution in [0.25, 0.3) is 11.6 Å². The van der Waals surface area contributed by atoms with E-state index >= 15 is 0 Å². The molecule has 0 amide bonds. The first-order valence-corrected chi connectivity index (χ1v) is 6.30. The highest BCUT2D eigenvalue weighted by Crippen LogP contribution is 2.34. The maximum absolute atomic E-state index is 5.68. The van der Waals surface area contributed by atoms with E-state index in [1.807, 2.05) is 6.92 Å². The number of hydrogen-bond acceptors (Lipinski definition) is 7. The second-order valence-corrected chi connectivity index (χ2v) is 4.76. The van der Waals surface area contributed by atoms with Crippen LogP contribution in [0, 0.1) is 0 Å². The molecule has 2 aromatic heterocycles. The Labute approximate surface area is 109 Å². The van der Waals surface area contributed by atoms with Crippen LogP contribution < -0.4 is 5.73 Å². The predicted molar refractivity (Wildman–Crippen MR) is 64.9 cm³/mol.